The number of carboxylic acid groups (broad SMARTS) is 1. The number of fused-ring (bicyclic) bond motifs is 3. The molecule has 0 bridgehead atoms. The Morgan fingerprint density at radius 3 is 2.31 bits per heavy atom. The molecule has 1 heterocycles. The maximum absolute atomic E-state index is 12.7. The largest absolute Gasteiger partial charge is 0.480 e. The Morgan fingerprint density at radius 2 is 1.72 bits per heavy atom. The van der Waals surface area contributed by atoms with Crippen LogP contribution < -0.4 is 5.32 Å². The van der Waals surface area contributed by atoms with Crippen molar-refractivity contribution in [3.63, 3.8) is 0 Å². The van der Waals surface area contributed by atoms with E-state index in [9.17, 15) is 19.5 Å². The van der Waals surface area contributed by atoms with Crippen molar-refractivity contribution in [2.24, 2.45) is 0 Å². The highest BCUT2D eigenvalue weighted by Gasteiger charge is 2.39. The van der Waals surface area contributed by atoms with Gasteiger partial charge in [-0.1, -0.05) is 48.5 Å². The number of hydrogen-bond donors (Lipinski definition) is 2. The van der Waals surface area contributed by atoms with Crippen molar-refractivity contribution >= 4 is 29.7 Å². The summed E-state index contributed by atoms with van der Waals surface area (Å²) in [5, 5.41) is 11.8. The van der Waals surface area contributed by atoms with Crippen molar-refractivity contribution in [1.82, 2.24) is 10.2 Å². The van der Waals surface area contributed by atoms with Crippen LogP contribution in [0.1, 0.15) is 37.3 Å². The molecule has 8 heteroatoms. The minimum Gasteiger partial charge on any atom is -0.480 e. The Morgan fingerprint density at radius 1 is 1.12 bits per heavy atom. The summed E-state index contributed by atoms with van der Waals surface area (Å²) in [6, 6.07) is 14.9. The van der Waals surface area contributed by atoms with Crippen molar-refractivity contribution in [3.8, 4) is 11.1 Å². The van der Waals surface area contributed by atoms with Crippen molar-refractivity contribution in [2.75, 3.05) is 12.4 Å². The molecule has 0 radical (unpaired) electrons. The van der Waals surface area contributed by atoms with E-state index in [2.05, 4.69) is 29.6 Å². The number of amides is 2. The van der Waals surface area contributed by atoms with Crippen LogP contribution >= 0.6 is 11.8 Å². The van der Waals surface area contributed by atoms with E-state index in [1.807, 2.05) is 31.2 Å². The van der Waals surface area contributed by atoms with Gasteiger partial charge in [0.2, 0.25) is 5.91 Å². The van der Waals surface area contributed by atoms with Crippen LogP contribution in [0.3, 0.4) is 0 Å². The minimum absolute atomic E-state index is 0.0128. The number of ether oxygens (including phenoxy) is 1. The molecule has 7 nitrogen and oxygen atoms in total. The van der Waals surface area contributed by atoms with Gasteiger partial charge in [-0.2, -0.15) is 0 Å². The molecule has 1 fully saturated rings. The fourth-order valence-corrected chi connectivity index (χ4v) is 5.66. The third-order valence-electron chi connectivity index (χ3n) is 5.98. The predicted octanol–water partition coefficient (Wildman–Crippen LogP) is 3.68. The molecule has 2 amide bonds. The number of carboxylic acids is 1. The van der Waals surface area contributed by atoms with E-state index < -0.39 is 24.1 Å². The van der Waals surface area contributed by atoms with Crippen LogP contribution in [-0.2, 0) is 14.3 Å². The highest BCUT2D eigenvalue weighted by atomic mass is 32.2. The lowest BCUT2D eigenvalue weighted by molar-refractivity contribution is -0.149. The minimum atomic E-state index is -1.01. The lowest BCUT2D eigenvalue weighted by Crippen LogP contribution is -2.47. The van der Waals surface area contributed by atoms with Crippen LogP contribution in [0.4, 0.5) is 4.79 Å². The van der Waals surface area contributed by atoms with E-state index in [0.717, 1.165) is 22.3 Å². The molecule has 3 atom stereocenters. The summed E-state index contributed by atoms with van der Waals surface area (Å²) in [4.78, 5) is 37.9. The van der Waals surface area contributed by atoms with Gasteiger partial charge in [-0.25, -0.2) is 9.59 Å². The van der Waals surface area contributed by atoms with E-state index in [1.165, 1.54) is 16.7 Å². The molecule has 1 saturated heterocycles. The van der Waals surface area contributed by atoms with Gasteiger partial charge in [0.15, 0.2) is 0 Å². The summed E-state index contributed by atoms with van der Waals surface area (Å²) in [5.74, 6) is -0.964. The van der Waals surface area contributed by atoms with Crippen LogP contribution in [0, 0.1) is 0 Å². The zero-order chi connectivity index (χ0) is 22.8. The van der Waals surface area contributed by atoms with Gasteiger partial charge < -0.3 is 20.1 Å². The normalized spacial score (nSPS) is 20.4. The third-order valence-corrected chi connectivity index (χ3v) is 7.20. The quantitative estimate of drug-likeness (QED) is 0.691. The number of benzene rings is 2. The first-order valence-electron chi connectivity index (χ1n) is 10.6. The van der Waals surface area contributed by atoms with Gasteiger partial charge in [0.1, 0.15) is 12.6 Å². The maximum atomic E-state index is 12.7. The first-order valence-corrected chi connectivity index (χ1v) is 11.7. The Balaban J connectivity index is 1.34. The van der Waals surface area contributed by atoms with Crippen LogP contribution in [0.15, 0.2) is 48.5 Å². The SMILES string of the molecule is CC1SCC(C(=O)O)N1C(=O)C[C@@H](C)NC(=O)OCC1c2ccccc2-c2ccccc21. The molecule has 2 unspecified atom stereocenters. The monoisotopic (exact) mass is 454 g/mol. The standard InChI is InChI=1S/C24H26N2O5S/c1-14(11-22(27)26-15(2)32-13-21(26)23(28)29)25-24(30)31-12-20-18-9-5-3-7-16(18)17-8-4-6-10-19(17)20/h3-10,14-15,20-21H,11-13H2,1-2H3,(H,25,30)(H,28,29)/t14-,15?,21?/m1/s1. The van der Waals surface area contributed by atoms with Gasteiger partial charge >= 0.3 is 12.1 Å². The molecule has 0 saturated carbocycles. The second-order valence-corrected chi connectivity index (χ2v) is 9.51. The van der Waals surface area contributed by atoms with Gasteiger partial charge in [-0.3, -0.25) is 4.79 Å². The molecule has 1 aliphatic carbocycles. The number of hydrogen-bond acceptors (Lipinski definition) is 5. The van der Waals surface area contributed by atoms with Crippen molar-refractivity contribution in [3.05, 3.63) is 59.7 Å². The molecule has 4 rings (SSSR count). The summed E-state index contributed by atoms with van der Waals surface area (Å²) in [7, 11) is 0. The summed E-state index contributed by atoms with van der Waals surface area (Å²) >= 11 is 1.43. The molecular formula is C24H26N2O5S. The summed E-state index contributed by atoms with van der Waals surface area (Å²) in [5.41, 5.74) is 4.57. The molecule has 2 N–H and O–H groups in total. The average Bonchev–Trinajstić information content (AvgIpc) is 3.30. The van der Waals surface area contributed by atoms with Crippen molar-refractivity contribution in [1.29, 1.82) is 0 Å². The second kappa shape index (κ2) is 9.24. The number of nitrogens with one attached hydrogen (secondary N) is 1. The van der Waals surface area contributed by atoms with E-state index in [0.29, 0.717) is 5.75 Å². The van der Waals surface area contributed by atoms with Gasteiger partial charge in [-0.05, 0) is 36.1 Å². The Hall–Kier alpha value is -3.00. The van der Waals surface area contributed by atoms with Crippen LogP contribution in [-0.4, -0.2) is 57.8 Å². The number of carbonyl (C=O) groups is 3. The first-order chi connectivity index (χ1) is 15.4. The second-order valence-electron chi connectivity index (χ2n) is 8.16. The molecule has 0 aromatic heterocycles. The van der Waals surface area contributed by atoms with E-state index in [4.69, 9.17) is 4.74 Å². The van der Waals surface area contributed by atoms with E-state index in [1.54, 1.807) is 6.92 Å². The number of rotatable bonds is 6. The number of alkyl carbamates (subject to hydrolysis) is 1. The summed E-state index contributed by atoms with van der Waals surface area (Å²) in [6.07, 6.45) is -0.579. The zero-order valence-electron chi connectivity index (χ0n) is 18.0. The lowest BCUT2D eigenvalue weighted by atomic mass is 9.98. The van der Waals surface area contributed by atoms with Gasteiger partial charge in [0, 0.05) is 24.1 Å². The van der Waals surface area contributed by atoms with Gasteiger partial charge in [-0.15, -0.1) is 11.8 Å². The summed E-state index contributed by atoms with van der Waals surface area (Å²) < 4.78 is 5.52. The molecule has 2 aromatic carbocycles. The highest BCUT2D eigenvalue weighted by Crippen LogP contribution is 2.44. The molecule has 2 aromatic rings. The zero-order valence-corrected chi connectivity index (χ0v) is 18.8. The lowest BCUT2D eigenvalue weighted by Gasteiger charge is -2.26. The average molecular weight is 455 g/mol. The maximum Gasteiger partial charge on any atom is 0.407 e. The van der Waals surface area contributed by atoms with Crippen LogP contribution in [0.25, 0.3) is 11.1 Å². The van der Waals surface area contributed by atoms with Crippen LogP contribution in [0.2, 0.25) is 0 Å². The Labute approximate surface area is 191 Å². The molecule has 0 spiro atoms. The first kappa shape index (κ1) is 22.2. The molecule has 2 aliphatic rings. The Bertz CT molecular complexity index is 997. The predicted molar refractivity (Wildman–Crippen MR) is 122 cm³/mol. The number of thioether (sulfide) groups is 1. The van der Waals surface area contributed by atoms with Crippen molar-refractivity contribution < 1.29 is 24.2 Å². The van der Waals surface area contributed by atoms with E-state index >= 15 is 0 Å². The fourth-order valence-electron chi connectivity index (χ4n) is 4.47. The number of carbonyl (C=O) groups excluding carboxylic acids is 2. The van der Waals surface area contributed by atoms with Gasteiger partial charge in [0.25, 0.3) is 0 Å². The van der Waals surface area contributed by atoms with Crippen LogP contribution in [0.5, 0.6) is 0 Å². The van der Waals surface area contributed by atoms with Crippen molar-refractivity contribution in [2.45, 2.75) is 43.6 Å². The summed E-state index contributed by atoms with van der Waals surface area (Å²) in [6.45, 7) is 3.72. The molecule has 32 heavy (non-hydrogen) atoms. The molecule has 1 aliphatic heterocycles. The number of aliphatic carboxylic acids is 1. The third kappa shape index (κ3) is 4.32. The topological polar surface area (TPSA) is 95.9 Å². The Kier molecular flexibility index (Phi) is 6.41. The van der Waals surface area contributed by atoms with E-state index in [-0.39, 0.29) is 30.2 Å². The highest BCUT2D eigenvalue weighted by molar-refractivity contribution is 8.00. The smallest absolute Gasteiger partial charge is 0.407 e. The molecular weight excluding hydrogens is 428 g/mol. The fraction of sp³-hybridized carbons (Fsp3) is 0.375. The van der Waals surface area contributed by atoms with Gasteiger partial charge in [0.05, 0.1) is 5.37 Å². The number of nitrogens with zero attached hydrogens (tertiary/aromatic N) is 1. The molecule has 168 valence electrons.